The van der Waals surface area contributed by atoms with Crippen LogP contribution in [0, 0.1) is 11.8 Å². The molecular formula is C14H28N2O4. The van der Waals surface area contributed by atoms with Crippen molar-refractivity contribution in [3.05, 3.63) is 0 Å². The van der Waals surface area contributed by atoms with Crippen molar-refractivity contribution in [1.29, 1.82) is 0 Å². The molecule has 2 unspecified atom stereocenters. The smallest absolute Gasteiger partial charge is 0.332 e. The predicted molar refractivity (Wildman–Crippen MR) is 75.9 cm³/mol. The molecule has 0 aromatic heterocycles. The quantitative estimate of drug-likeness (QED) is 0.455. The first-order valence-electron chi connectivity index (χ1n) is 6.89. The Kier molecular flexibility index (Phi) is 6.64. The molecule has 3 N–H and O–H groups in total. The minimum Gasteiger partial charge on any atom is -0.458 e. The molecule has 0 aromatic carbocycles. The summed E-state index contributed by atoms with van der Waals surface area (Å²) in [5.74, 6) is -1.74. The zero-order chi connectivity index (χ0) is 16.2. The Labute approximate surface area is 121 Å². The molecule has 0 rings (SSSR count). The van der Waals surface area contributed by atoms with Gasteiger partial charge in [-0.05, 0) is 32.6 Å². The Morgan fingerprint density at radius 2 is 1.55 bits per heavy atom. The summed E-state index contributed by atoms with van der Waals surface area (Å²) in [6.07, 6.45) is 0. The van der Waals surface area contributed by atoms with Crippen molar-refractivity contribution in [2.24, 2.45) is 17.6 Å². The topological polar surface area (TPSA) is 92.9 Å². The van der Waals surface area contributed by atoms with Crippen molar-refractivity contribution in [2.45, 2.75) is 66.2 Å². The van der Waals surface area contributed by atoms with Crippen LogP contribution in [0.1, 0.15) is 48.5 Å². The molecule has 20 heavy (non-hydrogen) atoms. The molecule has 0 saturated heterocycles. The number of hydrogen-bond donors (Lipinski definition) is 2. The van der Waals surface area contributed by atoms with Gasteiger partial charge in [-0.1, -0.05) is 27.7 Å². The minimum atomic E-state index is -1.06. The van der Waals surface area contributed by atoms with Gasteiger partial charge in [-0.15, -0.1) is 0 Å². The lowest BCUT2D eigenvalue weighted by Gasteiger charge is -2.32. The summed E-state index contributed by atoms with van der Waals surface area (Å²) in [5, 5.41) is 10.5. The highest BCUT2D eigenvalue weighted by Crippen LogP contribution is 2.17. The molecule has 0 fully saturated rings. The van der Waals surface area contributed by atoms with E-state index in [2.05, 4.69) is 0 Å². The highest BCUT2D eigenvalue weighted by Gasteiger charge is 2.37. The van der Waals surface area contributed by atoms with E-state index in [-0.39, 0.29) is 11.8 Å². The standard InChI is InChI=1S/C14H28N2O4/c1-8(2)10(15)12(17)16(19)11(9(3)4)13(18)20-14(5,6)7/h8-11,19H,15H2,1-7H3. The molecule has 1 amide bonds. The van der Waals surface area contributed by atoms with E-state index in [1.807, 2.05) is 0 Å². The van der Waals surface area contributed by atoms with Gasteiger partial charge in [0.1, 0.15) is 5.60 Å². The molecule has 0 spiro atoms. The van der Waals surface area contributed by atoms with Crippen LogP contribution >= 0.6 is 0 Å². The molecule has 118 valence electrons. The van der Waals surface area contributed by atoms with Crippen molar-refractivity contribution < 1.29 is 19.5 Å². The first-order chi connectivity index (χ1) is 8.88. The molecule has 2 atom stereocenters. The number of carbonyl (C=O) groups is 2. The van der Waals surface area contributed by atoms with Gasteiger partial charge >= 0.3 is 5.97 Å². The first-order valence-corrected chi connectivity index (χ1v) is 6.89. The van der Waals surface area contributed by atoms with Crippen LogP contribution in [0.2, 0.25) is 0 Å². The number of nitrogens with zero attached hydrogens (tertiary/aromatic N) is 1. The lowest BCUT2D eigenvalue weighted by atomic mass is 10.0. The van der Waals surface area contributed by atoms with Crippen LogP contribution in [-0.4, -0.2) is 39.8 Å². The summed E-state index contributed by atoms with van der Waals surface area (Å²) >= 11 is 0. The van der Waals surface area contributed by atoms with Crippen molar-refractivity contribution >= 4 is 11.9 Å². The molecule has 0 aromatic rings. The van der Waals surface area contributed by atoms with Gasteiger partial charge in [-0.2, -0.15) is 0 Å². The average Bonchev–Trinajstić information content (AvgIpc) is 2.23. The van der Waals surface area contributed by atoms with E-state index in [9.17, 15) is 14.8 Å². The van der Waals surface area contributed by atoms with E-state index in [4.69, 9.17) is 10.5 Å². The molecule has 0 saturated carbocycles. The molecule has 0 aliphatic rings. The van der Waals surface area contributed by atoms with E-state index in [0.717, 1.165) is 0 Å². The van der Waals surface area contributed by atoms with Crippen LogP contribution in [0.3, 0.4) is 0 Å². The largest absolute Gasteiger partial charge is 0.458 e. The molecule has 0 aliphatic heterocycles. The van der Waals surface area contributed by atoms with Crippen LogP contribution < -0.4 is 5.73 Å². The monoisotopic (exact) mass is 288 g/mol. The van der Waals surface area contributed by atoms with E-state index in [1.165, 1.54) is 0 Å². The summed E-state index contributed by atoms with van der Waals surface area (Å²) in [6.45, 7) is 12.2. The maximum absolute atomic E-state index is 12.1. The third kappa shape index (κ3) is 5.46. The molecular weight excluding hydrogens is 260 g/mol. The predicted octanol–water partition coefficient (Wildman–Crippen LogP) is 1.55. The second-order valence-electron chi connectivity index (χ2n) is 6.67. The number of nitrogens with two attached hydrogens (primary N) is 1. The SMILES string of the molecule is CC(C)C(N)C(=O)N(O)C(C(=O)OC(C)(C)C)C(C)C. The zero-order valence-corrected chi connectivity index (χ0v) is 13.5. The Balaban J connectivity index is 5.10. The van der Waals surface area contributed by atoms with Gasteiger partial charge < -0.3 is 10.5 Å². The highest BCUT2D eigenvalue weighted by molar-refractivity contribution is 5.86. The maximum Gasteiger partial charge on any atom is 0.332 e. The van der Waals surface area contributed by atoms with Crippen molar-refractivity contribution in [1.82, 2.24) is 5.06 Å². The number of hydrogen-bond acceptors (Lipinski definition) is 5. The summed E-state index contributed by atoms with van der Waals surface area (Å²) in [5.41, 5.74) is 5.04. The lowest BCUT2D eigenvalue weighted by Crippen LogP contribution is -2.54. The van der Waals surface area contributed by atoms with E-state index >= 15 is 0 Å². The molecule has 0 bridgehead atoms. The van der Waals surface area contributed by atoms with Gasteiger partial charge in [0.25, 0.3) is 5.91 Å². The van der Waals surface area contributed by atoms with Crippen LogP contribution in [0.15, 0.2) is 0 Å². The van der Waals surface area contributed by atoms with E-state index in [0.29, 0.717) is 5.06 Å². The molecule has 6 nitrogen and oxygen atoms in total. The molecule has 0 aliphatic carbocycles. The fourth-order valence-electron chi connectivity index (χ4n) is 1.59. The highest BCUT2D eigenvalue weighted by atomic mass is 16.6. The summed E-state index contributed by atoms with van der Waals surface area (Å²) in [4.78, 5) is 24.2. The van der Waals surface area contributed by atoms with Crippen LogP contribution in [0.25, 0.3) is 0 Å². The molecule has 0 radical (unpaired) electrons. The summed E-state index contributed by atoms with van der Waals surface area (Å²) in [6, 6.07) is -1.92. The number of esters is 1. The molecule has 0 heterocycles. The average molecular weight is 288 g/mol. The lowest BCUT2D eigenvalue weighted by molar-refractivity contribution is -0.199. The number of carbonyl (C=O) groups excluding carboxylic acids is 2. The van der Waals surface area contributed by atoms with Gasteiger partial charge in [-0.3, -0.25) is 10.0 Å². The Morgan fingerprint density at radius 1 is 1.10 bits per heavy atom. The second kappa shape index (κ2) is 7.04. The molecule has 6 heteroatoms. The van der Waals surface area contributed by atoms with Crippen LogP contribution in [-0.2, 0) is 14.3 Å². The maximum atomic E-state index is 12.1. The Bertz CT molecular complexity index is 348. The number of ether oxygens (including phenoxy) is 1. The van der Waals surface area contributed by atoms with E-state index in [1.54, 1.807) is 48.5 Å². The normalized spacial score (nSPS) is 15.2. The fourth-order valence-corrected chi connectivity index (χ4v) is 1.59. The third-order valence-corrected chi connectivity index (χ3v) is 2.77. The van der Waals surface area contributed by atoms with Gasteiger partial charge in [0.05, 0.1) is 6.04 Å². The van der Waals surface area contributed by atoms with Crippen LogP contribution in [0.4, 0.5) is 0 Å². The first kappa shape index (κ1) is 18.9. The van der Waals surface area contributed by atoms with Gasteiger partial charge in [-0.25, -0.2) is 9.86 Å². The second-order valence-corrected chi connectivity index (χ2v) is 6.67. The summed E-state index contributed by atoms with van der Waals surface area (Å²) in [7, 11) is 0. The zero-order valence-electron chi connectivity index (χ0n) is 13.5. The van der Waals surface area contributed by atoms with Gasteiger partial charge in [0, 0.05) is 0 Å². The number of amides is 1. The fraction of sp³-hybridized carbons (Fsp3) is 0.857. The van der Waals surface area contributed by atoms with Crippen molar-refractivity contribution in [3.63, 3.8) is 0 Å². The Morgan fingerprint density at radius 3 is 1.85 bits per heavy atom. The Hall–Kier alpha value is -1.14. The summed E-state index contributed by atoms with van der Waals surface area (Å²) < 4.78 is 5.24. The van der Waals surface area contributed by atoms with E-state index < -0.39 is 29.6 Å². The van der Waals surface area contributed by atoms with Crippen molar-refractivity contribution in [3.8, 4) is 0 Å². The minimum absolute atomic E-state index is 0.136. The third-order valence-electron chi connectivity index (χ3n) is 2.77. The number of rotatable bonds is 5. The van der Waals surface area contributed by atoms with Crippen molar-refractivity contribution in [2.75, 3.05) is 0 Å². The number of hydroxylamine groups is 2. The van der Waals surface area contributed by atoms with Crippen LogP contribution in [0.5, 0.6) is 0 Å². The van der Waals surface area contributed by atoms with Gasteiger partial charge in [0.15, 0.2) is 6.04 Å². The van der Waals surface area contributed by atoms with Gasteiger partial charge in [0.2, 0.25) is 0 Å².